The summed E-state index contributed by atoms with van der Waals surface area (Å²) in [6.45, 7) is 8.67. The molecule has 30 heavy (non-hydrogen) atoms. The van der Waals surface area contributed by atoms with Crippen LogP contribution in [0.5, 0.6) is 5.75 Å². The molecule has 1 aromatic rings. The topological polar surface area (TPSA) is 73.9 Å². The number of urea groups is 1. The third kappa shape index (κ3) is 5.88. The lowest BCUT2D eigenvalue weighted by atomic mass is 9.95. The Kier molecular flexibility index (Phi) is 7.23. The summed E-state index contributed by atoms with van der Waals surface area (Å²) in [4.78, 5) is 29.9. The highest BCUT2D eigenvalue weighted by molar-refractivity contribution is 5.95. The van der Waals surface area contributed by atoms with Crippen molar-refractivity contribution in [2.24, 2.45) is 5.92 Å². The van der Waals surface area contributed by atoms with Crippen LogP contribution in [0.2, 0.25) is 0 Å². The largest absolute Gasteiger partial charge is 0.497 e. The lowest BCUT2D eigenvalue weighted by molar-refractivity contribution is -0.123. The van der Waals surface area contributed by atoms with E-state index in [1.165, 1.54) is 12.8 Å². The Morgan fingerprint density at radius 3 is 2.17 bits per heavy atom. The quantitative estimate of drug-likeness (QED) is 0.772. The summed E-state index contributed by atoms with van der Waals surface area (Å²) >= 11 is 0. The zero-order valence-electron chi connectivity index (χ0n) is 18.7. The summed E-state index contributed by atoms with van der Waals surface area (Å²) in [5.74, 6) is 1.20. The van der Waals surface area contributed by atoms with Gasteiger partial charge in [-0.15, -0.1) is 0 Å². The first-order valence-electron chi connectivity index (χ1n) is 11.0. The molecule has 1 aliphatic heterocycles. The second-order valence-corrected chi connectivity index (χ2v) is 9.41. The van der Waals surface area contributed by atoms with Crippen molar-refractivity contribution in [2.45, 2.75) is 58.0 Å². The minimum atomic E-state index is -0.251. The van der Waals surface area contributed by atoms with Gasteiger partial charge in [-0.3, -0.25) is 9.69 Å². The van der Waals surface area contributed by atoms with Crippen LogP contribution in [0.4, 0.5) is 10.5 Å². The number of methoxy groups -OCH3 is 1. The SMILES string of the molecule is COc1ccc(NC(=O)[C@H](C2CCCC2)N2CCN(C(=O)NC(C)(C)C)CC2)cc1. The van der Waals surface area contributed by atoms with E-state index in [1.807, 2.05) is 49.9 Å². The van der Waals surface area contributed by atoms with E-state index >= 15 is 0 Å². The molecular formula is C23H36N4O3. The lowest BCUT2D eigenvalue weighted by Crippen LogP contribution is -2.59. The molecule has 0 bridgehead atoms. The van der Waals surface area contributed by atoms with Gasteiger partial charge in [0, 0.05) is 37.4 Å². The highest BCUT2D eigenvalue weighted by Gasteiger charge is 2.37. The van der Waals surface area contributed by atoms with Crippen molar-refractivity contribution >= 4 is 17.6 Å². The summed E-state index contributed by atoms with van der Waals surface area (Å²) in [5, 5.41) is 6.14. The number of nitrogens with zero attached hydrogens (tertiary/aromatic N) is 2. The number of nitrogens with one attached hydrogen (secondary N) is 2. The summed E-state index contributed by atoms with van der Waals surface area (Å²) in [6.07, 6.45) is 4.55. The molecular weight excluding hydrogens is 380 g/mol. The van der Waals surface area contributed by atoms with Gasteiger partial charge in [-0.25, -0.2) is 4.79 Å². The van der Waals surface area contributed by atoms with Crippen LogP contribution in [-0.4, -0.2) is 66.6 Å². The zero-order chi connectivity index (χ0) is 21.7. The number of amides is 3. The first-order chi connectivity index (χ1) is 14.3. The number of carbonyl (C=O) groups excluding carboxylic acids is 2. The van der Waals surface area contributed by atoms with E-state index in [0.717, 1.165) is 37.4 Å². The summed E-state index contributed by atoms with van der Waals surface area (Å²) in [5.41, 5.74) is 0.533. The fourth-order valence-electron chi connectivity index (χ4n) is 4.44. The highest BCUT2D eigenvalue weighted by atomic mass is 16.5. The summed E-state index contributed by atoms with van der Waals surface area (Å²) < 4.78 is 5.20. The lowest BCUT2D eigenvalue weighted by Gasteiger charge is -2.41. The fraction of sp³-hybridized carbons (Fsp3) is 0.652. The van der Waals surface area contributed by atoms with E-state index in [1.54, 1.807) is 7.11 Å². The Bertz CT molecular complexity index is 715. The number of carbonyl (C=O) groups is 2. The normalized spacial score (nSPS) is 19.4. The van der Waals surface area contributed by atoms with Crippen molar-refractivity contribution in [1.82, 2.24) is 15.1 Å². The minimum absolute atomic E-state index is 0.0257. The van der Waals surface area contributed by atoms with Gasteiger partial charge in [0.05, 0.1) is 13.2 Å². The molecule has 0 aromatic heterocycles. The zero-order valence-corrected chi connectivity index (χ0v) is 18.7. The van der Waals surface area contributed by atoms with Gasteiger partial charge in [0.15, 0.2) is 0 Å². The molecule has 2 aliphatic rings. The van der Waals surface area contributed by atoms with E-state index in [-0.39, 0.29) is 23.5 Å². The van der Waals surface area contributed by atoms with Gasteiger partial charge < -0.3 is 20.3 Å². The average Bonchev–Trinajstić information content (AvgIpc) is 3.22. The number of ether oxygens (including phenoxy) is 1. The van der Waals surface area contributed by atoms with Crippen LogP contribution >= 0.6 is 0 Å². The number of anilines is 1. The first kappa shape index (κ1) is 22.4. The summed E-state index contributed by atoms with van der Waals surface area (Å²) in [6, 6.07) is 7.28. The molecule has 1 heterocycles. The number of hydrogen-bond donors (Lipinski definition) is 2. The smallest absolute Gasteiger partial charge is 0.317 e. The maximum Gasteiger partial charge on any atom is 0.317 e. The Hall–Kier alpha value is -2.28. The van der Waals surface area contributed by atoms with Gasteiger partial charge in [0.1, 0.15) is 5.75 Å². The van der Waals surface area contributed by atoms with E-state index in [0.29, 0.717) is 19.0 Å². The van der Waals surface area contributed by atoms with Crippen LogP contribution in [0.3, 0.4) is 0 Å². The van der Waals surface area contributed by atoms with Crippen molar-refractivity contribution < 1.29 is 14.3 Å². The number of piperazine rings is 1. The predicted molar refractivity (Wildman–Crippen MR) is 119 cm³/mol. The third-order valence-corrected chi connectivity index (χ3v) is 5.95. The standard InChI is InChI=1S/C23H36N4O3/c1-23(2,3)25-22(29)27-15-13-26(14-16-27)20(17-7-5-6-8-17)21(28)24-18-9-11-19(30-4)12-10-18/h9-12,17,20H,5-8,13-16H2,1-4H3,(H,24,28)(H,25,29)/t20-/m0/s1. The fourth-order valence-corrected chi connectivity index (χ4v) is 4.44. The molecule has 2 fully saturated rings. The molecule has 1 aliphatic carbocycles. The van der Waals surface area contributed by atoms with Gasteiger partial charge >= 0.3 is 6.03 Å². The van der Waals surface area contributed by atoms with E-state index < -0.39 is 0 Å². The molecule has 1 atom stereocenters. The van der Waals surface area contributed by atoms with Crippen LogP contribution in [0.25, 0.3) is 0 Å². The third-order valence-electron chi connectivity index (χ3n) is 5.95. The molecule has 1 saturated carbocycles. The van der Waals surface area contributed by atoms with Gasteiger partial charge in [-0.1, -0.05) is 12.8 Å². The van der Waals surface area contributed by atoms with Crippen molar-refractivity contribution in [3.63, 3.8) is 0 Å². The molecule has 0 radical (unpaired) electrons. The van der Waals surface area contributed by atoms with Crippen LogP contribution in [0.15, 0.2) is 24.3 Å². The maximum atomic E-state index is 13.3. The van der Waals surface area contributed by atoms with Crippen LogP contribution in [0.1, 0.15) is 46.5 Å². The molecule has 3 amide bonds. The second kappa shape index (κ2) is 9.69. The molecule has 166 valence electrons. The van der Waals surface area contributed by atoms with Crippen LogP contribution in [-0.2, 0) is 4.79 Å². The van der Waals surface area contributed by atoms with Crippen LogP contribution < -0.4 is 15.4 Å². The molecule has 7 heteroatoms. The van der Waals surface area contributed by atoms with Crippen molar-refractivity contribution in [1.29, 1.82) is 0 Å². The molecule has 0 unspecified atom stereocenters. The molecule has 3 rings (SSSR count). The van der Waals surface area contributed by atoms with E-state index in [2.05, 4.69) is 15.5 Å². The first-order valence-corrected chi connectivity index (χ1v) is 11.0. The van der Waals surface area contributed by atoms with Gasteiger partial charge in [0.2, 0.25) is 5.91 Å². The second-order valence-electron chi connectivity index (χ2n) is 9.41. The number of hydrogen-bond acceptors (Lipinski definition) is 4. The number of benzene rings is 1. The number of rotatable bonds is 5. The predicted octanol–water partition coefficient (Wildman–Crippen LogP) is 3.32. The molecule has 0 spiro atoms. The summed E-state index contributed by atoms with van der Waals surface area (Å²) in [7, 11) is 1.63. The monoisotopic (exact) mass is 416 g/mol. The van der Waals surface area contributed by atoms with Crippen molar-refractivity contribution in [3.05, 3.63) is 24.3 Å². The molecule has 7 nitrogen and oxygen atoms in total. The molecule has 2 N–H and O–H groups in total. The van der Waals surface area contributed by atoms with Gasteiger partial charge in [0.25, 0.3) is 0 Å². The molecule has 1 aromatic carbocycles. The van der Waals surface area contributed by atoms with Crippen molar-refractivity contribution in [2.75, 3.05) is 38.6 Å². The van der Waals surface area contributed by atoms with Gasteiger partial charge in [-0.2, -0.15) is 0 Å². The van der Waals surface area contributed by atoms with Crippen LogP contribution in [0, 0.1) is 5.92 Å². The molecule has 1 saturated heterocycles. The van der Waals surface area contributed by atoms with Gasteiger partial charge in [-0.05, 0) is 63.8 Å². The van der Waals surface area contributed by atoms with Crippen molar-refractivity contribution in [3.8, 4) is 5.75 Å². The highest BCUT2D eigenvalue weighted by Crippen LogP contribution is 2.32. The Labute approximate surface area is 180 Å². The minimum Gasteiger partial charge on any atom is -0.497 e. The van der Waals surface area contributed by atoms with E-state index in [4.69, 9.17) is 4.74 Å². The Morgan fingerprint density at radius 2 is 1.63 bits per heavy atom. The Morgan fingerprint density at radius 1 is 1.03 bits per heavy atom. The van der Waals surface area contributed by atoms with E-state index in [9.17, 15) is 9.59 Å². The Balaban J connectivity index is 1.64. The maximum absolute atomic E-state index is 13.3. The average molecular weight is 417 g/mol.